The Morgan fingerprint density at radius 1 is 1.00 bits per heavy atom. The van der Waals surface area contributed by atoms with Crippen LogP contribution < -0.4 is 0 Å². The van der Waals surface area contributed by atoms with Gasteiger partial charge in [0.05, 0.1) is 17.8 Å². The Bertz CT molecular complexity index is 533. The van der Waals surface area contributed by atoms with Gasteiger partial charge in [-0.2, -0.15) is 0 Å². The quantitative estimate of drug-likeness (QED) is 0.312. The summed E-state index contributed by atoms with van der Waals surface area (Å²) in [5.74, 6) is 0.0171. The number of aliphatic hydroxyl groups is 3. The molecule has 0 aromatic rings. The zero-order valence-electron chi connectivity index (χ0n) is 17.9. The van der Waals surface area contributed by atoms with Crippen molar-refractivity contribution in [2.24, 2.45) is 0 Å². The van der Waals surface area contributed by atoms with Crippen LogP contribution in [0.5, 0.6) is 0 Å². The van der Waals surface area contributed by atoms with Crippen LogP contribution in [0.25, 0.3) is 0 Å². The molecule has 0 aromatic carbocycles. The summed E-state index contributed by atoms with van der Waals surface area (Å²) in [5, 5.41) is 30.0. The minimum absolute atomic E-state index is 0.0171. The molecule has 0 aliphatic rings. The molecule has 3 atom stereocenters. The Morgan fingerprint density at radius 2 is 1.61 bits per heavy atom. The van der Waals surface area contributed by atoms with Gasteiger partial charge < -0.3 is 20.2 Å². The van der Waals surface area contributed by atoms with E-state index in [2.05, 4.69) is 6.92 Å². The van der Waals surface area contributed by atoms with E-state index >= 15 is 0 Å². The highest BCUT2D eigenvalue weighted by atomic mass is 16.3. The lowest BCUT2D eigenvalue weighted by atomic mass is 9.98. The summed E-state index contributed by atoms with van der Waals surface area (Å²) in [4.78, 5) is 13.0. The molecule has 3 N–H and O–H groups in total. The molecule has 0 unspecified atom stereocenters. The summed E-state index contributed by atoms with van der Waals surface area (Å²) in [6, 6.07) is 0. The molecule has 0 aromatic heterocycles. The first-order valence-electron chi connectivity index (χ1n) is 10.2. The predicted octanol–water partition coefficient (Wildman–Crippen LogP) is 3.52. The van der Waals surface area contributed by atoms with Gasteiger partial charge in [-0.15, -0.1) is 0 Å². The maximum absolute atomic E-state index is 11.5. The van der Waals surface area contributed by atoms with Crippen LogP contribution in [0.1, 0.15) is 58.8 Å². The smallest absolute Gasteiger partial charge is 0.222 e. The number of amides is 1. The molecule has 0 saturated heterocycles. The van der Waals surface area contributed by atoms with Gasteiger partial charge in [0.1, 0.15) is 0 Å². The van der Waals surface area contributed by atoms with Crippen LogP contribution in [0.4, 0.5) is 0 Å². The Kier molecular flexibility index (Phi) is 14.3. The second-order valence-electron chi connectivity index (χ2n) is 7.57. The first kappa shape index (κ1) is 26.3. The molecule has 0 saturated carbocycles. The number of unbranched alkanes of at least 4 members (excludes halogenated alkanes) is 2. The summed E-state index contributed by atoms with van der Waals surface area (Å²) in [6.07, 6.45) is 17.5. The van der Waals surface area contributed by atoms with Crippen LogP contribution >= 0.6 is 0 Å². The molecule has 0 fully saturated rings. The summed E-state index contributed by atoms with van der Waals surface area (Å²) in [6.45, 7) is 3.96. The van der Waals surface area contributed by atoms with E-state index in [1.807, 2.05) is 31.2 Å². The van der Waals surface area contributed by atoms with Crippen molar-refractivity contribution in [3.63, 3.8) is 0 Å². The topological polar surface area (TPSA) is 81.0 Å². The minimum atomic E-state index is -0.957. The van der Waals surface area contributed by atoms with E-state index in [9.17, 15) is 20.1 Å². The van der Waals surface area contributed by atoms with Crippen molar-refractivity contribution in [1.29, 1.82) is 0 Å². The number of carbonyl (C=O) groups is 1. The van der Waals surface area contributed by atoms with Gasteiger partial charge in [-0.05, 0) is 26.2 Å². The average Bonchev–Trinajstić information content (AvgIpc) is 2.63. The first-order chi connectivity index (χ1) is 13.2. The summed E-state index contributed by atoms with van der Waals surface area (Å²) >= 11 is 0. The maximum Gasteiger partial charge on any atom is 0.222 e. The lowest BCUT2D eigenvalue weighted by molar-refractivity contribution is -0.128. The molecule has 0 aliphatic carbocycles. The largest absolute Gasteiger partial charge is 0.390 e. The number of hydrogen-bond acceptors (Lipinski definition) is 4. The molecule has 0 rings (SSSR count). The van der Waals surface area contributed by atoms with Gasteiger partial charge in [0, 0.05) is 20.5 Å². The highest BCUT2D eigenvalue weighted by molar-refractivity contribution is 5.75. The molecule has 5 nitrogen and oxygen atoms in total. The van der Waals surface area contributed by atoms with E-state index in [-0.39, 0.29) is 5.91 Å². The van der Waals surface area contributed by atoms with E-state index in [0.717, 1.165) is 25.7 Å². The Labute approximate surface area is 170 Å². The SMILES string of the molecule is CCCCC[C@@](C)(O)/C=C/C=C\C=C\C=C\[C@@H](O)[C@@H](O)CCCC(=O)N(C)C. The van der Waals surface area contributed by atoms with Crippen LogP contribution in [0.3, 0.4) is 0 Å². The van der Waals surface area contributed by atoms with Crippen LogP contribution in [0.2, 0.25) is 0 Å². The van der Waals surface area contributed by atoms with Crippen molar-refractivity contribution in [1.82, 2.24) is 4.90 Å². The standard InChI is InChI=1S/C23H39NO4/c1-5-6-12-18-23(2,28)19-13-10-8-7-9-11-15-20(25)21(26)16-14-17-22(27)24(3)4/h7-11,13,15,19-21,25-26,28H,5-6,12,14,16-18H2,1-4H3/b9-7+,10-8-,15-11+,19-13+/t20-,21+,23-/m1/s1. The third kappa shape index (κ3) is 14.4. The van der Waals surface area contributed by atoms with Crippen LogP contribution in [0, 0.1) is 0 Å². The molecule has 1 amide bonds. The molecule has 0 spiro atoms. The van der Waals surface area contributed by atoms with Crippen molar-refractivity contribution >= 4 is 5.91 Å². The minimum Gasteiger partial charge on any atom is -0.390 e. The lowest BCUT2D eigenvalue weighted by Crippen LogP contribution is -2.25. The van der Waals surface area contributed by atoms with Crippen molar-refractivity contribution in [2.75, 3.05) is 14.1 Å². The fourth-order valence-electron chi connectivity index (χ4n) is 2.50. The third-order valence-electron chi connectivity index (χ3n) is 4.39. The maximum atomic E-state index is 11.5. The molecule has 0 heterocycles. The Hall–Kier alpha value is -1.69. The van der Waals surface area contributed by atoms with Crippen molar-refractivity contribution in [3.8, 4) is 0 Å². The van der Waals surface area contributed by atoms with E-state index in [1.54, 1.807) is 32.3 Å². The fourth-order valence-corrected chi connectivity index (χ4v) is 2.50. The average molecular weight is 394 g/mol. The number of aliphatic hydroxyl groups excluding tert-OH is 2. The van der Waals surface area contributed by atoms with Crippen molar-refractivity contribution in [2.45, 2.75) is 76.6 Å². The zero-order valence-corrected chi connectivity index (χ0v) is 17.9. The van der Waals surface area contributed by atoms with E-state index in [1.165, 1.54) is 11.0 Å². The molecular formula is C23H39NO4. The van der Waals surface area contributed by atoms with E-state index in [4.69, 9.17) is 0 Å². The predicted molar refractivity (Wildman–Crippen MR) is 116 cm³/mol. The number of allylic oxidation sites excluding steroid dienone is 6. The normalized spacial score (nSPS) is 17.0. The van der Waals surface area contributed by atoms with Crippen molar-refractivity contribution in [3.05, 3.63) is 48.6 Å². The monoisotopic (exact) mass is 393 g/mol. The molecule has 5 heteroatoms. The zero-order chi connectivity index (χ0) is 21.4. The molecule has 160 valence electrons. The van der Waals surface area contributed by atoms with Gasteiger partial charge in [0.15, 0.2) is 0 Å². The van der Waals surface area contributed by atoms with Crippen LogP contribution in [-0.2, 0) is 4.79 Å². The third-order valence-corrected chi connectivity index (χ3v) is 4.39. The van der Waals surface area contributed by atoms with Gasteiger partial charge in [-0.1, -0.05) is 74.8 Å². The van der Waals surface area contributed by atoms with Gasteiger partial charge in [-0.3, -0.25) is 4.79 Å². The molecule has 0 radical (unpaired) electrons. The van der Waals surface area contributed by atoms with Gasteiger partial charge in [-0.25, -0.2) is 0 Å². The second kappa shape index (κ2) is 15.3. The van der Waals surface area contributed by atoms with E-state index < -0.39 is 17.8 Å². The summed E-state index contributed by atoms with van der Waals surface area (Å²) in [7, 11) is 3.39. The molecule has 0 aliphatic heterocycles. The number of carbonyl (C=O) groups excluding carboxylic acids is 1. The Morgan fingerprint density at radius 3 is 2.21 bits per heavy atom. The molecular weight excluding hydrogens is 354 g/mol. The Balaban J connectivity index is 4.15. The van der Waals surface area contributed by atoms with E-state index in [0.29, 0.717) is 19.3 Å². The van der Waals surface area contributed by atoms with Crippen LogP contribution in [-0.4, -0.2) is 58.0 Å². The van der Waals surface area contributed by atoms with Gasteiger partial charge >= 0.3 is 0 Å². The second-order valence-corrected chi connectivity index (χ2v) is 7.57. The number of hydrogen-bond donors (Lipinski definition) is 3. The fraction of sp³-hybridized carbons (Fsp3) is 0.609. The van der Waals surface area contributed by atoms with Gasteiger partial charge in [0.25, 0.3) is 0 Å². The lowest BCUT2D eigenvalue weighted by Gasteiger charge is -2.18. The summed E-state index contributed by atoms with van der Waals surface area (Å²) in [5.41, 5.74) is -0.777. The number of rotatable bonds is 14. The molecule has 28 heavy (non-hydrogen) atoms. The molecule has 0 bridgehead atoms. The first-order valence-corrected chi connectivity index (χ1v) is 10.2. The highest BCUT2D eigenvalue weighted by Crippen LogP contribution is 2.16. The number of nitrogens with zero attached hydrogens (tertiary/aromatic N) is 1. The summed E-state index contributed by atoms with van der Waals surface area (Å²) < 4.78 is 0. The van der Waals surface area contributed by atoms with Crippen LogP contribution in [0.15, 0.2) is 48.6 Å². The highest BCUT2D eigenvalue weighted by Gasteiger charge is 2.14. The van der Waals surface area contributed by atoms with Gasteiger partial charge in [0.2, 0.25) is 5.91 Å². The van der Waals surface area contributed by atoms with Crippen molar-refractivity contribution < 1.29 is 20.1 Å².